The van der Waals surface area contributed by atoms with Gasteiger partial charge >= 0.3 is 0 Å². The second-order valence-corrected chi connectivity index (χ2v) is 9.05. The van der Waals surface area contributed by atoms with E-state index in [9.17, 15) is 8.76 Å². The molecule has 0 aromatic heterocycles. The van der Waals surface area contributed by atoms with Gasteiger partial charge in [-0.15, -0.1) is 4.72 Å². The Labute approximate surface area is 160 Å². The van der Waals surface area contributed by atoms with E-state index >= 15 is 0 Å². The summed E-state index contributed by atoms with van der Waals surface area (Å²) < 4.78 is 27.8. The number of rotatable bonds is 2. The number of hydrogen-bond acceptors (Lipinski definition) is 5. The first-order valence-electron chi connectivity index (χ1n) is 9.08. The number of fused-ring (bicyclic) bond motifs is 1. The van der Waals surface area contributed by atoms with E-state index in [1.165, 1.54) is 5.56 Å². The van der Waals surface area contributed by atoms with Crippen LogP contribution in [0.25, 0.3) is 0 Å². The smallest absolute Gasteiger partial charge is 0.198 e. The minimum atomic E-state index is -3.48. The Kier molecular flexibility index (Phi) is 4.74. The van der Waals surface area contributed by atoms with Gasteiger partial charge in [-0.05, 0) is 42.7 Å². The van der Waals surface area contributed by atoms with Gasteiger partial charge in [-0.3, -0.25) is 4.90 Å². The standard InChI is InChI=1S/C20H22N4O2S/c21-13-16-5-7-17(8-6-16)14-24-11-9-20(10-12-24)15-22-27(25,26)19-4-2-1-3-18(19)23-20/h1-8,23H,9-12,14-15H2,(H-,22,25,26). The summed E-state index contributed by atoms with van der Waals surface area (Å²) in [6.45, 7) is 3.01. The Morgan fingerprint density at radius 1 is 1.15 bits per heavy atom. The highest BCUT2D eigenvalue weighted by Gasteiger charge is 2.41. The monoisotopic (exact) mass is 382 g/mol. The summed E-state index contributed by atoms with van der Waals surface area (Å²) in [4.78, 5) is 2.70. The van der Waals surface area contributed by atoms with Crippen LogP contribution in [-0.4, -0.2) is 34.6 Å². The number of sulfonamides is 1. The fourth-order valence-corrected chi connectivity index (χ4v) is 5.12. The predicted octanol–water partition coefficient (Wildman–Crippen LogP) is 2.51. The number of nitrogens with one attached hydrogen (secondary N) is 2. The first-order valence-corrected chi connectivity index (χ1v) is 10.6. The van der Waals surface area contributed by atoms with Crippen molar-refractivity contribution in [3.63, 3.8) is 0 Å². The molecule has 2 aliphatic heterocycles. The summed E-state index contributed by atoms with van der Waals surface area (Å²) in [6.07, 6.45) is 1.72. The maximum atomic E-state index is 12.5. The first-order chi connectivity index (χ1) is 13.0. The van der Waals surface area contributed by atoms with Gasteiger partial charge < -0.3 is 9.87 Å². The van der Waals surface area contributed by atoms with Crippen molar-refractivity contribution in [3.05, 3.63) is 59.7 Å². The molecule has 0 radical (unpaired) electrons. The number of likely N-dealkylation sites (tertiary alicyclic amines) is 1. The molecule has 4 rings (SSSR count). The van der Waals surface area contributed by atoms with Crippen molar-refractivity contribution < 1.29 is 8.76 Å². The molecular formula is C20H22N4O2S. The fraction of sp³-hybridized carbons (Fsp3) is 0.350. The highest BCUT2D eigenvalue weighted by atomic mass is 32.3. The van der Waals surface area contributed by atoms with Crippen molar-refractivity contribution in [1.29, 1.82) is 5.26 Å². The lowest BCUT2D eigenvalue weighted by atomic mass is 9.87. The fourth-order valence-electron chi connectivity index (χ4n) is 3.83. The number of anilines is 1. The molecule has 6 nitrogen and oxygen atoms in total. The molecule has 1 spiro atoms. The number of benzene rings is 2. The van der Waals surface area contributed by atoms with Gasteiger partial charge in [0.25, 0.3) is 0 Å². The summed E-state index contributed by atoms with van der Waals surface area (Å²) in [7, 11) is -3.48. The van der Waals surface area contributed by atoms with E-state index in [4.69, 9.17) is 5.26 Å². The summed E-state index contributed by atoms with van der Waals surface area (Å²) in [5.74, 6) is 0. The van der Waals surface area contributed by atoms with Gasteiger partial charge in [-0.25, -0.2) is 0 Å². The molecule has 1 saturated heterocycles. The van der Waals surface area contributed by atoms with Gasteiger partial charge in [0, 0.05) is 19.6 Å². The molecule has 2 N–H and O–H groups in total. The van der Waals surface area contributed by atoms with E-state index in [1.807, 2.05) is 36.4 Å². The Hall–Kier alpha value is -2.24. The third kappa shape index (κ3) is 3.75. The average Bonchev–Trinajstić information content (AvgIpc) is 2.79. The molecule has 2 aromatic carbocycles. The van der Waals surface area contributed by atoms with Crippen molar-refractivity contribution in [2.45, 2.75) is 29.8 Å². The molecule has 140 valence electrons. The molecule has 27 heavy (non-hydrogen) atoms. The largest absolute Gasteiger partial charge is 0.593 e. The third-order valence-electron chi connectivity index (χ3n) is 5.48. The minimum Gasteiger partial charge on any atom is -0.593 e. The number of hydrogen-bond donors (Lipinski definition) is 2. The van der Waals surface area contributed by atoms with Crippen molar-refractivity contribution in [3.8, 4) is 6.07 Å². The lowest BCUT2D eigenvalue weighted by molar-refractivity contribution is 0.168. The van der Waals surface area contributed by atoms with Gasteiger partial charge in [0.1, 0.15) is 0 Å². The van der Waals surface area contributed by atoms with Gasteiger partial charge in [0.15, 0.2) is 15.3 Å². The lowest BCUT2D eigenvalue weighted by Crippen LogP contribution is -2.54. The van der Waals surface area contributed by atoms with Crippen LogP contribution in [0.5, 0.6) is 0 Å². The predicted molar refractivity (Wildman–Crippen MR) is 104 cm³/mol. The summed E-state index contributed by atoms with van der Waals surface area (Å²) >= 11 is 0. The third-order valence-corrected chi connectivity index (χ3v) is 6.94. The van der Waals surface area contributed by atoms with Gasteiger partial charge in [-0.1, -0.05) is 28.5 Å². The topological polar surface area (TPSA) is 91.2 Å². The van der Waals surface area contributed by atoms with Crippen LogP contribution in [0.1, 0.15) is 24.0 Å². The van der Waals surface area contributed by atoms with Crippen molar-refractivity contribution in [2.75, 3.05) is 25.0 Å². The van der Waals surface area contributed by atoms with Crippen LogP contribution in [-0.2, 0) is 21.2 Å². The van der Waals surface area contributed by atoms with Crippen molar-refractivity contribution in [2.24, 2.45) is 0 Å². The first kappa shape index (κ1) is 18.1. The zero-order chi connectivity index (χ0) is 18.9. The van der Waals surface area contributed by atoms with Crippen molar-refractivity contribution >= 4 is 16.1 Å². The van der Waals surface area contributed by atoms with Crippen LogP contribution in [0.2, 0.25) is 0 Å². The Bertz CT molecular complexity index is 914. The minimum absolute atomic E-state index is 0.263. The summed E-state index contributed by atoms with van der Waals surface area (Å²) in [5.41, 5.74) is 2.28. The van der Waals surface area contributed by atoms with E-state index in [1.54, 1.807) is 12.1 Å². The second kappa shape index (κ2) is 7.06. The molecule has 1 unspecified atom stereocenters. The highest BCUT2D eigenvalue weighted by Crippen LogP contribution is 2.35. The molecule has 2 aromatic rings. The summed E-state index contributed by atoms with van der Waals surface area (Å²) in [6, 6.07) is 16.9. The average molecular weight is 382 g/mol. The molecular weight excluding hydrogens is 360 g/mol. The molecule has 7 heteroatoms. The molecule has 0 amide bonds. The van der Waals surface area contributed by atoms with Crippen LogP contribution >= 0.6 is 0 Å². The SMILES string of the molecule is N#Cc1ccc(CN2CCC3(CC2)CN[S+](=O)([O-])c2ccccc2N3)cc1. The molecule has 1 atom stereocenters. The maximum Gasteiger partial charge on any atom is 0.198 e. The maximum absolute atomic E-state index is 12.5. The molecule has 1 fully saturated rings. The normalized spacial score (nSPS) is 24.4. The molecule has 0 aliphatic carbocycles. The van der Waals surface area contributed by atoms with E-state index in [-0.39, 0.29) is 5.54 Å². The summed E-state index contributed by atoms with van der Waals surface area (Å²) in [5, 5.41) is 12.4. The van der Waals surface area contributed by atoms with Gasteiger partial charge in [0.2, 0.25) is 0 Å². The lowest BCUT2D eigenvalue weighted by Gasteiger charge is -2.41. The van der Waals surface area contributed by atoms with Crippen LogP contribution in [0.15, 0.2) is 53.4 Å². The zero-order valence-corrected chi connectivity index (χ0v) is 15.8. The van der Waals surface area contributed by atoms with E-state index in [0.29, 0.717) is 22.7 Å². The molecule has 2 heterocycles. The van der Waals surface area contributed by atoms with Crippen LogP contribution < -0.4 is 10.0 Å². The Morgan fingerprint density at radius 2 is 1.85 bits per heavy atom. The van der Waals surface area contributed by atoms with Crippen LogP contribution in [0.4, 0.5) is 5.69 Å². The van der Waals surface area contributed by atoms with Crippen LogP contribution in [0, 0.1) is 11.3 Å². The highest BCUT2D eigenvalue weighted by molar-refractivity contribution is 7.96. The number of para-hydroxylation sites is 1. The van der Waals surface area contributed by atoms with E-state index in [0.717, 1.165) is 32.5 Å². The van der Waals surface area contributed by atoms with Crippen molar-refractivity contribution in [1.82, 2.24) is 9.62 Å². The van der Waals surface area contributed by atoms with E-state index < -0.39 is 10.4 Å². The number of nitriles is 1. The quantitative estimate of drug-likeness (QED) is 0.779. The molecule has 0 saturated carbocycles. The number of nitrogens with zero attached hydrogens (tertiary/aromatic N) is 2. The zero-order valence-electron chi connectivity index (χ0n) is 15.0. The Balaban J connectivity index is 1.45. The second-order valence-electron chi connectivity index (χ2n) is 7.31. The Morgan fingerprint density at radius 3 is 2.56 bits per heavy atom. The molecule has 2 aliphatic rings. The van der Waals surface area contributed by atoms with Gasteiger partial charge in [0.05, 0.1) is 29.4 Å². The molecule has 0 bridgehead atoms. The van der Waals surface area contributed by atoms with E-state index in [2.05, 4.69) is 21.0 Å². The van der Waals surface area contributed by atoms with Gasteiger partial charge in [-0.2, -0.15) is 5.26 Å². The van der Waals surface area contributed by atoms with Crippen LogP contribution in [0.3, 0.4) is 0 Å². The number of piperidine rings is 1.